The molecule has 1 aromatic heterocycles. The Hall–Kier alpha value is -3.12. The van der Waals surface area contributed by atoms with Crippen molar-refractivity contribution in [1.29, 1.82) is 0 Å². The number of alkyl halides is 3. The molecule has 1 N–H and O–H groups in total. The fourth-order valence-corrected chi connectivity index (χ4v) is 4.00. The van der Waals surface area contributed by atoms with Gasteiger partial charge in [0.15, 0.2) is 0 Å². The highest BCUT2D eigenvalue weighted by atomic mass is 32.2. The predicted molar refractivity (Wildman–Crippen MR) is 118 cm³/mol. The van der Waals surface area contributed by atoms with Crippen LogP contribution in [0.5, 0.6) is 0 Å². The molecule has 0 atom stereocenters. The van der Waals surface area contributed by atoms with Gasteiger partial charge in [0.05, 0.1) is 41.6 Å². The van der Waals surface area contributed by atoms with Crippen LogP contribution in [0, 0.1) is 6.92 Å². The van der Waals surface area contributed by atoms with Gasteiger partial charge in [0.2, 0.25) is 11.1 Å². The van der Waals surface area contributed by atoms with Crippen LogP contribution in [0.2, 0.25) is 0 Å². The van der Waals surface area contributed by atoms with E-state index in [1.54, 1.807) is 4.90 Å². The topological polar surface area (TPSA) is 85.2 Å². The number of carbonyl (C=O) groups is 1. The van der Waals surface area contributed by atoms with Gasteiger partial charge in [0.1, 0.15) is 0 Å². The highest BCUT2D eigenvalue weighted by Crippen LogP contribution is 2.36. The molecule has 2 heterocycles. The molecular formula is C21H21F3N6O2S. The number of amides is 1. The molecule has 0 radical (unpaired) electrons. The van der Waals surface area contributed by atoms with Crippen molar-refractivity contribution in [2.24, 2.45) is 0 Å². The molecule has 2 aromatic carbocycles. The number of aromatic nitrogens is 4. The number of aryl methyl sites for hydroxylation is 1. The Morgan fingerprint density at radius 2 is 1.88 bits per heavy atom. The Morgan fingerprint density at radius 1 is 1.15 bits per heavy atom. The summed E-state index contributed by atoms with van der Waals surface area (Å²) < 4.78 is 46.6. The largest absolute Gasteiger partial charge is 0.416 e. The minimum atomic E-state index is -4.48. The van der Waals surface area contributed by atoms with E-state index in [-0.39, 0.29) is 11.7 Å². The number of morpholine rings is 1. The highest BCUT2D eigenvalue weighted by molar-refractivity contribution is 7.99. The summed E-state index contributed by atoms with van der Waals surface area (Å²) in [6, 6.07) is 10.9. The van der Waals surface area contributed by atoms with Crippen LogP contribution in [0.25, 0.3) is 5.69 Å². The summed E-state index contributed by atoms with van der Waals surface area (Å²) in [6.07, 6.45) is -4.48. The number of anilines is 2. The lowest BCUT2D eigenvalue weighted by molar-refractivity contribution is -0.137. The molecule has 0 unspecified atom stereocenters. The smallest absolute Gasteiger partial charge is 0.378 e. The zero-order valence-electron chi connectivity index (χ0n) is 17.7. The number of hydrogen-bond donors (Lipinski definition) is 1. The van der Waals surface area contributed by atoms with Crippen LogP contribution in [-0.4, -0.2) is 58.2 Å². The van der Waals surface area contributed by atoms with Gasteiger partial charge in [-0.05, 0) is 47.7 Å². The van der Waals surface area contributed by atoms with E-state index in [0.717, 1.165) is 35.1 Å². The molecule has 8 nitrogen and oxygen atoms in total. The minimum absolute atomic E-state index is 0.0180. The molecule has 1 amide bonds. The second kappa shape index (κ2) is 9.79. The van der Waals surface area contributed by atoms with Crippen molar-refractivity contribution < 1.29 is 22.7 Å². The van der Waals surface area contributed by atoms with Gasteiger partial charge < -0.3 is 15.0 Å². The Kier molecular flexibility index (Phi) is 6.84. The van der Waals surface area contributed by atoms with Gasteiger partial charge in [-0.25, -0.2) is 0 Å². The number of carbonyl (C=O) groups excluding carboxylic acids is 1. The Labute approximate surface area is 192 Å². The van der Waals surface area contributed by atoms with E-state index in [1.165, 1.54) is 10.7 Å². The molecule has 0 bridgehead atoms. The summed E-state index contributed by atoms with van der Waals surface area (Å²) in [4.78, 5) is 14.4. The number of rotatable bonds is 6. The van der Waals surface area contributed by atoms with E-state index in [2.05, 4.69) is 20.8 Å². The van der Waals surface area contributed by atoms with Gasteiger partial charge >= 0.3 is 6.18 Å². The van der Waals surface area contributed by atoms with E-state index in [4.69, 9.17) is 4.74 Å². The van der Waals surface area contributed by atoms with Gasteiger partial charge in [0, 0.05) is 13.1 Å². The van der Waals surface area contributed by atoms with Crippen molar-refractivity contribution in [3.8, 4) is 5.69 Å². The molecule has 0 spiro atoms. The van der Waals surface area contributed by atoms with Gasteiger partial charge in [-0.1, -0.05) is 29.5 Å². The number of tetrazole rings is 1. The maximum atomic E-state index is 13.3. The van der Waals surface area contributed by atoms with Crippen LogP contribution in [0.4, 0.5) is 24.5 Å². The standard InChI is InChI=1S/C21H21F3N6O2S/c1-14-2-5-16(6-3-14)30-20(26-27-28-30)33-13-19(31)25-17-7-4-15(21(22,23)24)12-18(17)29-8-10-32-11-9-29/h2-7,12H,8-11,13H2,1H3,(H,25,31). The van der Waals surface area contributed by atoms with Crippen LogP contribution in [0.3, 0.4) is 0 Å². The van der Waals surface area contributed by atoms with Gasteiger partial charge in [-0.3, -0.25) is 4.79 Å². The third-order valence-electron chi connectivity index (χ3n) is 5.00. The molecule has 4 rings (SSSR count). The number of halogens is 3. The van der Waals surface area contributed by atoms with Crippen molar-refractivity contribution >= 4 is 29.0 Å². The van der Waals surface area contributed by atoms with Crippen LogP contribution in [0.15, 0.2) is 47.6 Å². The van der Waals surface area contributed by atoms with Crippen LogP contribution >= 0.6 is 11.8 Å². The van der Waals surface area contributed by atoms with Crippen molar-refractivity contribution in [3.05, 3.63) is 53.6 Å². The first-order valence-electron chi connectivity index (χ1n) is 10.1. The lowest BCUT2D eigenvalue weighted by Gasteiger charge is -2.31. The molecular weight excluding hydrogens is 457 g/mol. The van der Waals surface area contributed by atoms with Crippen LogP contribution < -0.4 is 10.2 Å². The zero-order valence-corrected chi connectivity index (χ0v) is 18.5. The molecule has 0 aliphatic carbocycles. The first-order chi connectivity index (χ1) is 15.8. The number of benzene rings is 2. The monoisotopic (exact) mass is 478 g/mol. The third kappa shape index (κ3) is 5.63. The Morgan fingerprint density at radius 3 is 2.58 bits per heavy atom. The second-order valence-corrected chi connectivity index (χ2v) is 8.32. The number of thioether (sulfide) groups is 1. The molecule has 12 heteroatoms. The Balaban J connectivity index is 1.48. The molecule has 1 fully saturated rings. The summed E-state index contributed by atoms with van der Waals surface area (Å²) in [5, 5.41) is 14.8. The van der Waals surface area contributed by atoms with Gasteiger partial charge in [-0.15, -0.1) is 5.10 Å². The maximum absolute atomic E-state index is 13.3. The summed E-state index contributed by atoms with van der Waals surface area (Å²) >= 11 is 1.13. The van der Waals surface area contributed by atoms with Crippen LogP contribution in [-0.2, 0) is 15.7 Å². The number of hydrogen-bond acceptors (Lipinski definition) is 7. The van der Waals surface area contributed by atoms with Gasteiger partial charge in [-0.2, -0.15) is 17.9 Å². The average Bonchev–Trinajstić information content (AvgIpc) is 3.27. The molecule has 33 heavy (non-hydrogen) atoms. The van der Waals surface area contributed by atoms with Crippen molar-refractivity contribution in [2.45, 2.75) is 18.3 Å². The first-order valence-corrected chi connectivity index (χ1v) is 11.1. The fraction of sp³-hybridized carbons (Fsp3) is 0.333. The van der Waals surface area contributed by atoms with E-state index in [9.17, 15) is 18.0 Å². The lowest BCUT2D eigenvalue weighted by Crippen LogP contribution is -2.37. The summed E-state index contributed by atoms with van der Waals surface area (Å²) in [5.41, 5.74) is 1.71. The lowest BCUT2D eigenvalue weighted by atomic mass is 10.1. The van der Waals surface area contributed by atoms with E-state index in [1.807, 2.05) is 31.2 Å². The molecule has 174 valence electrons. The van der Waals surface area contributed by atoms with Crippen LogP contribution in [0.1, 0.15) is 11.1 Å². The van der Waals surface area contributed by atoms with E-state index >= 15 is 0 Å². The SMILES string of the molecule is Cc1ccc(-n2nnnc2SCC(=O)Nc2ccc(C(F)(F)F)cc2N2CCOCC2)cc1. The summed E-state index contributed by atoms with van der Waals surface area (Å²) in [5.74, 6) is -0.400. The molecule has 1 saturated heterocycles. The first kappa shape index (κ1) is 23.1. The molecule has 0 saturated carbocycles. The Bertz CT molecular complexity index is 1110. The van der Waals surface area contributed by atoms with Gasteiger partial charge in [0.25, 0.3) is 0 Å². The maximum Gasteiger partial charge on any atom is 0.416 e. The molecule has 3 aromatic rings. The zero-order chi connectivity index (χ0) is 23.4. The summed E-state index contributed by atoms with van der Waals surface area (Å²) in [6.45, 7) is 3.65. The molecule has 1 aliphatic rings. The number of ether oxygens (including phenoxy) is 1. The van der Waals surface area contributed by atoms with E-state index < -0.39 is 11.7 Å². The van der Waals surface area contributed by atoms with Crippen molar-refractivity contribution in [1.82, 2.24) is 20.2 Å². The number of nitrogens with zero attached hydrogens (tertiary/aromatic N) is 5. The quantitative estimate of drug-likeness (QED) is 0.543. The third-order valence-corrected chi connectivity index (χ3v) is 5.92. The highest BCUT2D eigenvalue weighted by Gasteiger charge is 2.32. The average molecular weight is 479 g/mol. The summed E-state index contributed by atoms with van der Waals surface area (Å²) in [7, 11) is 0. The number of nitrogens with one attached hydrogen (secondary N) is 1. The second-order valence-electron chi connectivity index (χ2n) is 7.37. The normalized spacial score (nSPS) is 14.4. The van der Waals surface area contributed by atoms with E-state index in [0.29, 0.717) is 42.8 Å². The minimum Gasteiger partial charge on any atom is -0.378 e. The van der Waals surface area contributed by atoms with Crippen molar-refractivity contribution in [3.63, 3.8) is 0 Å². The fourth-order valence-electron chi connectivity index (χ4n) is 3.31. The van der Waals surface area contributed by atoms with Crippen molar-refractivity contribution in [2.75, 3.05) is 42.3 Å². The predicted octanol–water partition coefficient (Wildman–Crippen LogP) is 3.56. The molecule has 1 aliphatic heterocycles.